The number of para-hydroxylation sites is 1. The lowest BCUT2D eigenvalue weighted by molar-refractivity contribution is -0.122. The van der Waals surface area contributed by atoms with Crippen LogP contribution in [0.25, 0.3) is 11.0 Å². The summed E-state index contributed by atoms with van der Waals surface area (Å²) in [6, 6.07) is 5.76. The third kappa shape index (κ3) is 1.71. The molecule has 1 aromatic carbocycles. The average molecular weight is 265 g/mol. The molecule has 0 aliphatic carbocycles. The van der Waals surface area contributed by atoms with Crippen molar-refractivity contribution in [1.82, 2.24) is 14.9 Å². The van der Waals surface area contributed by atoms with Gasteiger partial charge in [-0.25, -0.2) is 4.98 Å². The molecule has 1 unspecified atom stereocenters. The van der Waals surface area contributed by atoms with Crippen LogP contribution in [-0.2, 0) is 4.79 Å². The monoisotopic (exact) mass is 264 g/mol. The zero-order valence-electron chi connectivity index (χ0n) is 9.69. The maximum atomic E-state index is 11.2. The van der Waals surface area contributed by atoms with Crippen molar-refractivity contribution in [2.24, 2.45) is 0 Å². The van der Waals surface area contributed by atoms with Crippen LogP contribution in [0, 0.1) is 0 Å². The van der Waals surface area contributed by atoms with E-state index in [9.17, 15) is 4.79 Å². The molecule has 1 aromatic heterocycles. The lowest BCUT2D eigenvalue weighted by atomic mass is 10.1. The van der Waals surface area contributed by atoms with Gasteiger partial charge in [-0.2, -0.15) is 0 Å². The minimum absolute atomic E-state index is 0.0901. The minimum atomic E-state index is 0.0901. The number of anilines is 1. The molecule has 0 bridgehead atoms. The lowest BCUT2D eigenvalue weighted by Crippen LogP contribution is -2.36. The predicted molar refractivity (Wildman–Crippen MR) is 70.4 cm³/mol. The number of fused-ring (bicyclic) bond motifs is 1. The Morgan fingerprint density at radius 2 is 2.33 bits per heavy atom. The van der Waals surface area contributed by atoms with Gasteiger partial charge in [-0.05, 0) is 18.6 Å². The summed E-state index contributed by atoms with van der Waals surface area (Å²) in [6.45, 7) is 0.584. The standard InChI is InChI=1S/C12H13ClN4O/c13-8-2-1-3-9-11(8)16-12(14)17(9)7-4-5-10(18)15-6-7/h1-3,7H,4-6H2,(H2,14,16)(H,15,18). The van der Waals surface area contributed by atoms with Gasteiger partial charge in [0, 0.05) is 13.0 Å². The van der Waals surface area contributed by atoms with Crippen LogP contribution in [0.15, 0.2) is 18.2 Å². The van der Waals surface area contributed by atoms with E-state index in [1.54, 1.807) is 6.07 Å². The van der Waals surface area contributed by atoms with Gasteiger partial charge < -0.3 is 15.6 Å². The van der Waals surface area contributed by atoms with Gasteiger partial charge in [-0.3, -0.25) is 4.79 Å². The van der Waals surface area contributed by atoms with E-state index in [1.165, 1.54) is 0 Å². The van der Waals surface area contributed by atoms with Crippen LogP contribution < -0.4 is 11.1 Å². The highest BCUT2D eigenvalue weighted by atomic mass is 35.5. The number of benzene rings is 1. The van der Waals surface area contributed by atoms with Crippen LogP contribution >= 0.6 is 11.6 Å². The highest BCUT2D eigenvalue weighted by molar-refractivity contribution is 6.35. The predicted octanol–water partition coefficient (Wildman–Crippen LogP) is 1.72. The summed E-state index contributed by atoms with van der Waals surface area (Å²) in [5.41, 5.74) is 7.60. The number of imidazole rings is 1. The fourth-order valence-corrected chi connectivity index (χ4v) is 2.64. The second kappa shape index (κ2) is 4.17. The fraction of sp³-hybridized carbons (Fsp3) is 0.333. The van der Waals surface area contributed by atoms with Gasteiger partial charge >= 0.3 is 0 Å². The van der Waals surface area contributed by atoms with Crippen molar-refractivity contribution in [3.8, 4) is 0 Å². The number of carbonyl (C=O) groups excluding carboxylic acids is 1. The molecule has 5 nitrogen and oxygen atoms in total. The molecule has 1 aliphatic heterocycles. The molecular weight excluding hydrogens is 252 g/mol. The number of carbonyl (C=O) groups is 1. The zero-order chi connectivity index (χ0) is 12.7. The second-order valence-corrected chi connectivity index (χ2v) is 4.85. The first kappa shape index (κ1) is 11.3. The Hall–Kier alpha value is -1.75. The molecular formula is C12H13ClN4O. The first-order valence-electron chi connectivity index (χ1n) is 5.85. The molecule has 1 amide bonds. The number of hydrogen-bond acceptors (Lipinski definition) is 3. The largest absolute Gasteiger partial charge is 0.369 e. The average Bonchev–Trinajstić information content (AvgIpc) is 2.69. The van der Waals surface area contributed by atoms with E-state index in [0.29, 0.717) is 29.5 Å². The Labute approximate surface area is 109 Å². The molecule has 0 radical (unpaired) electrons. The molecule has 0 spiro atoms. The Kier molecular flexibility index (Phi) is 2.63. The number of nitrogens with one attached hydrogen (secondary N) is 1. The normalized spacial score (nSPS) is 20.1. The number of amides is 1. The molecule has 1 saturated heterocycles. The van der Waals surface area contributed by atoms with E-state index in [1.807, 2.05) is 16.7 Å². The summed E-state index contributed by atoms with van der Waals surface area (Å²) in [7, 11) is 0. The highest BCUT2D eigenvalue weighted by Gasteiger charge is 2.23. The number of hydrogen-bond donors (Lipinski definition) is 2. The Bertz CT molecular complexity index is 612. The molecule has 3 N–H and O–H groups in total. The van der Waals surface area contributed by atoms with Crippen molar-refractivity contribution in [3.63, 3.8) is 0 Å². The van der Waals surface area contributed by atoms with Gasteiger partial charge in [0.15, 0.2) is 0 Å². The molecule has 2 heterocycles. The SMILES string of the molecule is Nc1nc2c(Cl)cccc2n1C1CCC(=O)NC1. The van der Waals surface area contributed by atoms with Crippen LogP contribution in [0.3, 0.4) is 0 Å². The van der Waals surface area contributed by atoms with E-state index in [0.717, 1.165) is 11.9 Å². The number of halogens is 1. The molecule has 1 atom stereocenters. The van der Waals surface area contributed by atoms with Gasteiger partial charge in [0.2, 0.25) is 11.9 Å². The summed E-state index contributed by atoms with van der Waals surface area (Å²) in [4.78, 5) is 15.5. The number of piperidine rings is 1. The summed E-state index contributed by atoms with van der Waals surface area (Å²) >= 11 is 6.10. The quantitative estimate of drug-likeness (QED) is 0.824. The van der Waals surface area contributed by atoms with Crippen LogP contribution in [0.1, 0.15) is 18.9 Å². The minimum Gasteiger partial charge on any atom is -0.369 e. The van der Waals surface area contributed by atoms with E-state index in [2.05, 4.69) is 10.3 Å². The van der Waals surface area contributed by atoms with Crippen molar-refractivity contribution in [2.75, 3.05) is 12.3 Å². The number of nitrogen functional groups attached to an aromatic ring is 1. The maximum Gasteiger partial charge on any atom is 0.220 e. The molecule has 1 aliphatic rings. The Morgan fingerprint density at radius 3 is 3.06 bits per heavy atom. The molecule has 3 rings (SSSR count). The lowest BCUT2D eigenvalue weighted by Gasteiger charge is -2.25. The van der Waals surface area contributed by atoms with Crippen LogP contribution in [-0.4, -0.2) is 22.0 Å². The van der Waals surface area contributed by atoms with Crippen molar-refractivity contribution in [1.29, 1.82) is 0 Å². The summed E-state index contributed by atoms with van der Waals surface area (Å²) in [5.74, 6) is 0.534. The first-order valence-corrected chi connectivity index (χ1v) is 6.23. The van der Waals surface area contributed by atoms with Gasteiger partial charge in [0.25, 0.3) is 0 Å². The van der Waals surface area contributed by atoms with E-state index >= 15 is 0 Å². The second-order valence-electron chi connectivity index (χ2n) is 4.44. The van der Waals surface area contributed by atoms with Crippen molar-refractivity contribution in [3.05, 3.63) is 23.2 Å². The van der Waals surface area contributed by atoms with Gasteiger partial charge in [-0.15, -0.1) is 0 Å². The smallest absolute Gasteiger partial charge is 0.220 e. The van der Waals surface area contributed by atoms with E-state index in [4.69, 9.17) is 17.3 Å². The third-order valence-electron chi connectivity index (χ3n) is 3.30. The summed E-state index contributed by atoms with van der Waals surface area (Å²) < 4.78 is 1.96. The van der Waals surface area contributed by atoms with Gasteiger partial charge in [0.05, 0.1) is 16.6 Å². The maximum absolute atomic E-state index is 11.2. The molecule has 18 heavy (non-hydrogen) atoms. The Balaban J connectivity index is 2.08. The van der Waals surface area contributed by atoms with Crippen LogP contribution in [0.4, 0.5) is 5.95 Å². The van der Waals surface area contributed by atoms with Crippen LogP contribution in [0.5, 0.6) is 0 Å². The topological polar surface area (TPSA) is 72.9 Å². The third-order valence-corrected chi connectivity index (χ3v) is 3.61. The van der Waals surface area contributed by atoms with Gasteiger partial charge in [0.1, 0.15) is 5.52 Å². The molecule has 2 aromatic rings. The zero-order valence-corrected chi connectivity index (χ0v) is 10.4. The molecule has 94 valence electrons. The van der Waals surface area contributed by atoms with Crippen molar-refractivity contribution < 1.29 is 4.79 Å². The Morgan fingerprint density at radius 1 is 1.50 bits per heavy atom. The highest BCUT2D eigenvalue weighted by Crippen LogP contribution is 2.30. The summed E-state index contributed by atoms with van der Waals surface area (Å²) in [6.07, 6.45) is 1.29. The van der Waals surface area contributed by atoms with E-state index < -0.39 is 0 Å². The molecule has 0 saturated carbocycles. The van der Waals surface area contributed by atoms with E-state index in [-0.39, 0.29) is 11.9 Å². The number of nitrogens with two attached hydrogens (primary N) is 1. The number of nitrogens with zero attached hydrogens (tertiary/aromatic N) is 2. The summed E-state index contributed by atoms with van der Waals surface area (Å²) in [5, 5.41) is 3.45. The number of rotatable bonds is 1. The molecule has 6 heteroatoms. The van der Waals surface area contributed by atoms with Crippen LogP contribution in [0.2, 0.25) is 5.02 Å². The van der Waals surface area contributed by atoms with Crippen molar-refractivity contribution in [2.45, 2.75) is 18.9 Å². The van der Waals surface area contributed by atoms with Gasteiger partial charge in [-0.1, -0.05) is 17.7 Å². The fourth-order valence-electron chi connectivity index (χ4n) is 2.42. The first-order chi connectivity index (χ1) is 8.66. The molecule has 1 fully saturated rings. The number of aromatic nitrogens is 2. The van der Waals surface area contributed by atoms with Crippen molar-refractivity contribution >= 4 is 34.5 Å².